The van der Waals surface area contributed by atoms with E-state index < -0.39 is 0 Å². The number of benzene rings is 1. The second-order valence-electron chi connectivity index (χ2n) is 4.86. The van der Waals surface area contributed by atoms with Crippen molar-refractivity contribution in [3.8, 4) is 0 Å². The summed E-state index contributed by atoms with van der Waals surface area (Å²) in [5.41, 5.74) is 2.91. The van der Waals surface area contributed by atoms with E-state index in [1.54, 1.807) is 6.07 Å². The lowest BCUT2D eigenvalue weighted by atomic mass is 10.1. The Labute approximate surface area is 133 Å². The number of halogens is 1. The lowest BCUT2D eigenvalue weighted by molar-refractivity contribution is 0.101. The smallest absolute Gasteiger partial charge is 0.159 e. The van der Waals surface area contributed by atoms with Crippen molar-refractivity contribution in [3.63, 3.8) is 0 Å². The first-order valence-electron chi connectivity index (χ1n) is 7.48. The first-order valence-corrected chi connectivity index (χ1v) is 7.48. The van der Waals surface area contributed by atoms with Crippen molar-refractivity contribution in [3.05, 3.63) is 59.4 Å². The average Bonchev–Trinajstić information content (AvgIpc) is 2.50. The number of nitrogens with zero attached hydrogens (tertiary/aromatic N) is 1. The number of aliphatic imine (C=N–C) groups is 1. The predicted octanol–water partition coefficient (Wildman–Crippen LogP) is 5.41. The summed E-state index contributed by atoms with van der Waals surface area (Å²) in [4.78, 5) is 14.9. The number of hydrogen-bond acceptors (Lipinski definition) is 2. The predicted molar refractivity (Wildman–Crippen MR) is 93.2 cm³/mol. The molecule has 0 saturated heterocycles. The fourth-order valence-electron chi connectivity index (χ4n) is 1.77. The van der Waals surface area contributed by atoms with Gasteiger partial charge in [-0.3, -0.25) is 9.79 Å². The molecule has 0 atom stereocenters. The number of allylic oxidation sites excluding steroid dienone is 4. The van der Waals surface area contributed by atoms with Gasteiger partial charge in [-0.25, -0.2) is 4.39 Å². The minimum atomic E-state index is -0.368. The molecule has 1 aromatic carbocycles. The summed E-state index contributed by atoms with van der Waals surface area (Å²) in [5, 5.41) is 0. The maximum Gasteiger partial charge on any atom is 0.159 e. The maximum absolute atomic E-state index is 12.4. The second kappa shape index (κ2) is 11.6. The van der Waals surface area contributed by atoms with E-state index in [0.29, 0.717) is 5.56 Å². The van der Waals surface area contributed by atoms with Crippen LogP contribution in [0.5, 0.6) is 0 Å². The van der Waals surface area contributed by atoms with E-state index in [4.69, 9.17) is 0 Å². The highest BCUT2D eigenvalue weighted by atomic mass is 19.1. The molecule has 0 aliphatic carbocycles. The van der Waals surface area contributed by atoms with E-state index in [-0.39, 0.29) is 11.6 Å². The third kappa shape index (κ3) is 8.30. The number of carbonyl (C=O) groups is 1. The molecule has 1 aromatic rings. The Morgan fingerprint density at radius 3 is 2.41 bits per heavy atom. The molecule has 0 heterocycles. The molecule has 22 heavy (non-hydrogen) atoms. The molecule has 3 heteroatoms. The summed E-state index contributed by atoms with van der Waals surface area (Å²) in [6.07, 6.45) is 8.43. The van der Waals surface area contributed by atoms with Crippen molar-refractivity contribution in [1.29, 1.82) is 0 Å². The van der Waals surface area contributed by atoms with Crippen LogP contribution in [-0.2, 0) is 0 Å². The zero-order chi connectivity index (χ0) is 17.0. The second-order valence-corrected chi connectivity index (χ2v) is 4.86. The van der Waals surface area contributed by atoms with Crippen LogP contribution >= 0.6 is 0 Å². The molecule has 0 bridgehead atoms. The Balaban J connectivity index is 0.000000406. The topological polar surface area (TPSA) is 29.4 Å². The van der Waals surface area contributed by atoms with Crippen LogP contribution in [-0.4, -0.2) is 18.5 Å². The Kier molecular flexibility index (Phi) is 10.5. The van der Waals surface area contributed by atoms with Crippen molar-refractivity contribution in [1.82, 2.24) is 0 Å². The lowest BCUT2D eigenvalue weighted by Gasteiger charge is -2.02. The zero-order valence-corrected chi connectivity index (χ0v) is 14.2. The van der Waals surface area contributed by atoms with E-state index in [9.17, 15) is 9.18 Å². The van der Waals surface area contributed by atoms with Crippen LogP contribution in [0, 0.1) is 5.82 Å². The SMILES string of the molecule is C/C=C\C=C(/C)C(CCC)=NC.CC(=O)c1cccc(F)c1. The highest BCUT2D eigenvalue weighted by Crippen LogP contribution is 2.04. The van der Waals surface area contributed by atoms with E-state index >= 15 is 0 Å². The molecule has 1 rings (SSSR count). The number of hydrogen-bond donors (Lipinski definition) is 0. The Bertz CT molecular complexity index is 556. The van der Waals surface area contributed by atoms with Gasteiger partial charge in [-0.2, -0.15) is 0 Å². The number of Topliss-reactive ketones (excluding diaryl/α,β-unsaturated/α-hetero) is 1. The molecule has 2 nitrogen and oxygen atoms in total. The molecule has 0 aliphatic rings. The van der Waals surface area contributed by atoms with Crippen molar-refractivity contribution in [2.45, 2.75) is 40.5 Å². The van der Waals surface area contributed by atoms with Crippen molar-refractivity contribution in [2.75, 3.05) is 7.05 Å². The first-order chi connectivity index (χ1) is 10.5. The van der Waals surface area contributed by atoms with Gasteiger partial charge in [0.2, 0.25) is 0 Å². The van der Waals surface area contributed by atoms with Crippen LogP contribution in [0.15, 0.2) is 53.1 Å². The van der Waals surface area contributed by atoms with E-state index in [0.717, 1.165) is 12.8 Å². The number of rotatable bonds is 5. The summed E-state index contributed by atoms with van der Waals surface area (Å²) in [6.45, 7) is 7.72. The Morgan fingerprint density at radius 2 is 2.00 bits per heavy atom. The number of carbonyl (C=O) groups excluding carboxylic acids is 1. The fourth-order valence-corrected chi connectivity index (χ4v) is 1.77. The minimum Gasteiger partial charge on any atom is -0.295 e. The van der Waals surface area contributed by atoms with Gasteiger partial charge < -0.3 is 0 Å². The highest BCUT2D eigenvalue weighted by molar-refractivity contribution is 5.99. The van der Waals surface area contributed by atoms with Crippen LogP contribution in [0.2, 0.25) is 0 Å². The standard InChI is InChI=1S/C11H19N.C8H7FO/c1-5-7-9-10(3)11(12-4)8-6-2;1-6(10)7-3-2-4-8(9)5-7/h5,7,9H,6,8H2,1-4H3;2-5H,1H3/b7-5-,10-9+,12-11?;. The molecule has 0 amide bonds. The average molecular weight is 303 g/mol. The third-order valence-corrected chi connectivity index (χ3v) is 2.98. The van der Waals surface area contributed by atoms with E-state index in [2.05, 4.69) is 31.0 Å². The zero-order valence-electron chi connectivity index (χ0n) is 14.2. The van der Waals surface area contributed by atoms with E-state index in [1.165, 1.54) is 36.4 Å². The quantitative estimate of drug-likeness (QED) is 0.406. The summed E-state index contributed by atoms with van der Waals surface area (Å²) in [5.74, 6) is -0.479. The van der Waals surface area contributed by atoms with Crippen molar-refractivity contribution in [2.24, 2.45) is 4.99 Å². The molecular weight excluding hydrogens is 277 g/mol. The van der Waals surface area contributed by atoms with Gasteiger partial charge >= 0.3 is 0 Å². The van der Waals surface area contributed by atoms with Gasteiger partial charge in [-0.1, -0.05) is 43.7 Å². The van der Waals surface area contributed by atoms with Crippen LogP contribution in [0.25, 0.3) is 0 Å². The van der Waals surface area contributed by atoms with Gasteiger partial charge in [-0.15, -0.1) is 0 Å². The monoisotopic (exact) mass is 303 g/mol. The summed E-state index contributed by atoms with van der Waals surface area (Å²) < 4.78 is 12.4. The largest absolute Gasteiger partial charge is 0.295 e. The molecule has 0 unspecified atom stereocenters. The minimum absolute atomic E-state index is 0.112. The molecule has 0 radical (unpaired) electrons. The molecule has 0 aliphatic heterocycles. The fraction of sp³-hybridized carbons (Fsp3) is 0.368. The number of ketones is 1. The van der Waals surface area contributed by atoms with E-state index in [1.807, 2.05) is 20.0 Å². The lowest BCUT2D eigenvalue weighted by Crippen LogP contribution is -1.98. The maximum atomic E-state index is 12.4. The van der Waals surface area contributed by atoms with Crippen LogP contribution in [0.4, 0.5) is 4.39 Å². The molecule has 0 spiro atoms. The van der Waals surface area contributed by atoms with Crippen molar-refractivity contribution >= 4 is 11.5 Å². The Morgan fingerprint density at radius 1 is 1.32 bits per heavy atom. The molecule has 0 aromatic heterocycles. The summed E-state index contributed by atoms with van der Waals surface area (Å²) in [6, 6.07) is 5.65. The van der Waals surface area contributed by atoms with Crippen LogP contribution in [0.3, 0.4) is 0 Å². The highest BCUT2D eigenvalue weighted by Gasteiger charge is 1.98. The molecule has 0 N–H and O–H groups in total. The normalized spacial score (nSPS) is 12.1. The van der Waals surface area contributed by atoms with Crippen LogP contribution in [0.1, 0.15) is 50.9 Å². The van der Waals surface area contributed by atoms with Gasteiger partial charge in [0.25, 0.3) is 0 Å². The molecular formula is C19H26FNO. The molecule has 120 valence electrons. The molecule has 0 saturated carbocycles. The van der Waals surface area contributed by atoms with Crippen LogP contribution < -0.4 is 0 Å². The Hall–Kier alpha value is -2.03. The third-order valence-electron chi connectivity index (χ3n) is 2.98. The van der Waals surface area contributed by atoms with Gasteiger partial charge in [0.15, 0.2) is 5.78 Å². The summed E-state index contributed by atoms with van der Waals surface area (Å²) >= 11 is 0. The van der Waals surface area contributed by atoms with Gasteiger partial charge in [0.1, 0.15) is 5.82 Å². The van der Waals surface area contributed by atoms with Gasteiger partial charge in [0, 0.05) is 18.3 Å². The van der Waals surface area contributed by atoms with Gasteiger partial charge in [-0.05, 0) is 44.9 Å². The van der Waals surface area contributed by atoms with Gasteiger partial charge in [0.05, 0.1) is 0 Å². The molecule has 0 fully saturated rings. The van der Waals surface area contributed by atoms with Crippen molar-refractivity contribution < 1.29 is 9.18 Å². The first kappa shape index (κ1) is 20.0. The summed E-state index contributed by atoms with van der Waals surface area (Å²) in [7, 11) is 1.86.